The van der Waals surface area contributed by atoms with E-state index in [9.17, 15) is 22.4 Å². The van der Waals surface area contributed by atoms with Crippen LogP contribution < -0.4 is 0 Å². The minimum atomic E-state index is -4.76. The Morgan fingerprint density at radius 3 is 2.52 bits per heavy atom. The highest BCUT2D eigenvalue weighted by molar-refractivity contribution is 6.34. The molecule has 23 heavy (non-hydrogen) atoms. The quantitative estimate of drug-likeness (QED) is 0.609. The van der Waals surface area contributed by atoms with Crippen LogP contribution in [0.15, 0.2) is 42.6 Å². The molecule has 3 aromatic rings. The van der Waals surface area contributed by atoms with Crippen LogP contribution in [0.3, 0.4) is 0 Å². The van der Waals surface area contributed by atoms with Gasteiger partial charge in [-0.25, -0.2) is 4.39 Å². The average molecular weight is 343 g/mol. The number of hydrogen-bond donors (Lipinski definition) is 0. The Bertz CT molecular complexity index is 917. The van der Waals surface area contributed by atoms with E-state index in [0.717, 1.165) is 24.4 Å². The van der Waals surface area contributed by atoms with Gasteiger partial charge in [-0.3, -0.25) is 4.79 Å². The van der Waals surface area contributed by atoms with E-state index in [1.54, 1.807) is 0 Å². The lowest BCUT2D eigenvalue weighted by atomic mass is 10.1. The lowest BCUT2D eigenvalue weighted by molar-refractivity contribution is -0.137. The van der Waals surface area contributed by atoms with Gasteiger partial charge < -0.3 is 0 Å². The molecule has 0 atom stereocenters. The van der Waals surface area contributed by atoms with Gasteiger partial charge >= 0.3 is 6.18 Å². The standard InChI is InChI=1S/C15H7ClF4N2O/c16-10-4-1-3-9(15(18,19)20)13(10)14(23)22-12-6-2-5-11(17)8(12)7-21-22/h1-7H. The van der Waals surface area contributed by atoms with Crippen LogP contribution in [0.4, 0.5) is 17.6 Å². The van der Waals surface area contributed by atoms with E-state index >= 15 is 0 Å². The fourth-order valence-electron chi connectivity index (χ4n) is 2.26. The Morgan fingerprint density at radius 1 is 1.13 bits per heavy atom. The van der Waals surface area contributed by atoms with E-state index in [4.69, 9.17) is 11.6 Å². The Balaban J connectivity index is 2.23. The number of benzene rings is 2. The molecule has 0 radical (unpaired) electrons. The highest BCUT2D eigenvalue weighted by Crippen LogP contribution is 2.35. The highest BCUT2D eigenvalue weighted by Gasteiger charge is 2.37. The van der Waals surface area contributed by atoms with Crippen LogP contribution in [0.2, 0.25) is 5.02 Å². The molecular formula is C15H7ClF4N2O. The van der Waals surface area contributed by atoms with Gasteiger partial charge in [0, 0.05) is 0 Å². The molecule has 1 aromatic heterocycles. The van der Waals surface area contributed by atoms with Crippen molar-refractivity contribution in [2.75, 3.05) is 0 Å². The highest BCUT2D eigenvalue weighted by atomic mass is 35.5. The summed E-state index contributed by atoms with van der Waals surface area (Å²) < 4.78 is 53.7. The van der Waals surface area contributed by atoms with E-state index in [2.05, 4.69) is 5.10 Å². The number of carbonyl (C=O) groups is 1. The summed E-state index contributed by atoms with van der Waals surface area (Å²) in [6, 6.07) is 6.91. The number of rotatable bonds is 1. The van der Waals surface area contributed by atoms with Crippen molar-refractivity contribution in [3.05, 3.63) is 64.6 Å². The Morgan fingerprint density at radius 2 is 1.83 bits per heavy atom. The summed E-state index contributed by atoms with van der Waals surface area (Å²) in [7, 11) is 0. The zero-order valence-corrected chi connectivity index (χ0v) is 12.0. The SMILES string of the molecule is O=C(c1c(Cl)cccc1C(F)(F)F)n1ncc2c(F)cccc21. The first-order chi connectivity index (χ1) is 10.8. The Hall–Kier alpha value is -2.41. The van der Waals surface area contributed by atoms with Gasteiger partial charge in [0.1, 0.15) is 5.82 Å². The fraction of sp³-hybridized carbons (Fsp3) is 0.0667. The van der Waals surface area contributed by atoms with Gasteiger partial charge in [-0.15, -0.1) is 0 Å². The molecule has 118 valence electrons. The summed E-state index contributed by atoms with van der Waals surface area (Å²) in [5, 5.41) is 3.37. The molecule has 2 aromatic carbocycles. The van der Waals surface area contributed by atoms with Crippen molar-refractivity contribution in [3.63, 3.8) is 0 Å². The second-order valence-corrected chi connectivity index (χ2v) is 5.10. The molecule has 0 aliphatic heterocycles. The third kappa shape index (κ3) is 2.57. The Kier molecular flexibility index (Phi) is 3.60. The number of hydrogen-bond acceptors (Lipinski definition) is 2. The molecule has 0 spiro atoms. The molecule has 0 saturated heterocycles. The van der Waals surface area contributed by atoms with E-state index in [-0.39, 0.29) is 15.9 Å². The molecule has 0 amide bonds. The summed E-state index contributed by atoms with van der Waals surface area (Å²) in [5.41, 5.74) is -1.84. The van der Waals surface area contributed by atoms with Crippen LogP contribution in [0, 0.1) is 5.82 Å². The largest absolute Gasteiger partial charge is 0.417 e. The number of halogens is 5. The summed E-state index contributed by atoms with van der Waals surface area (Å²) in [5.74, 6) is -1.71. The summed E-state index contributed by atoms with van der Waals surface area (Å²) in [6.45, 7) is 0. The maximum atomic E-state index is 13.6. The second-order valence-electron chi connectivity index (χ2n) is 4.69. The van der Waals surface area contributed by atoms with E-state index in [1.807, 2.05) is 0 Å². The van der Waals surface area contributed by atoms with Crippen LogP contribution in [-0.4, -0.2) is 15.7 Å². The number of nitrogens with zero attached hydrogens (tertiary/aromatic N) is 2. The van der Waals surface area contributed by atoms with Gasteiger partial charge in [0.25, 0.3) is 5.91 Å². The van der Waals surface area contributed by atoms with Crippen LogP contribution >= 0.6 is 11.6 Å². The van der Waals surface area contributed by atoms with Gasteiger partial charge in [-0.2, -0.15) is 23.0 Å². The molecule has 3 nitrogen and oxygen atoms in total. The number of fused-ring (bicyclic) bond motifs is 1. The van der Waals surface area contributed by atoms with Crippen LogP contribution in [0.1, 0.15) is 15.9 Å². The number of carbonyl (C=O) groups excluding carboxylic acids is 1. The molecule has 0 aliphatic carbocycles. The predicted molar refractivity (Wildman–Crippen MR) is 75.9 cm³/mol. The molecular weight excluding hydrogens is 336 g/mol. The van der Waals surface area contributed by atoms with Crippen LogP contribution in [0.25, 0.3) is 10.9 Å². The van der Waals surface area contributed by atoms with Crippen LogP contribution in [0.5, 0.6) is 0 Å². The molecule has 0 saturated carbocycles. The minimum Gasteiger partial charge on any atom is -0.267 e. The maximum absolute atomic E-state index is 13.6. The van der Waals surface area contributed by atoms with Crippen molar-refractivity contribution in [2.45, 2.75) is 6.18 Å². The van der Waals surface area contributed by atoms with Gasteiger partial charge in [-0.05, 0) is 24.3 Å². The third-order valence-electron chi connectivity index (χ3n) is 3.29. The molecule has 0 aliphatic rings. The number of aromatic nitrogens is 2. The van der Waals surface area contributed by atoms with Gasteiger partial charge in [-0.1, -0.05) is 23.7 Å². The zero-order chi connectivity index (χ0) is 16.8. The van der Waals surface area contributed by atoms with E-state index < -0.39 is 29.0 Å². The molecule has 0 fully saturated rings. The van der Waals surface area contributed by atoms with E-state index in [1.165, 1.54) is 18.2 Å². The third-order valence-corrected chi connectivity index (χ3v) is 3.60. The predicted octanol–water partition coefficient (Wildman–Crippen LogP) is 4.54. The van der Waals surface area contributed by atoms with Crippen molar-refractivity contribution in [2.24, 2.45) is 0 Å². The van der Waals surface area contributed by atoms with Crippen molar-refractivity contribution in [1.29, 1.82) is 0 Å². The summed E-state index contributed by atoms with van der Waals surface area (Å²) >= 11 is 5.79. The topological polar surface area (TPSA) is 34.9 Å². The van der Waals surface area contributed by atoms with Crippen LogP contribution in [-0.2, 0) is 6.18 Å². The van der Waals surface area contributed by atoms with Crippen molar-refractivity contribution in [1.82, 2.24) is 9.78 Å². The molecule has 1 heterocycles. The monoisotopic (exact) mass is 342 g/mol. The average Bonchev–Trinajstić information content (AvgIpc) is 2.91. The van der Waals surface area contributed by atoms with Crippen molar-refractivity contribution >= 4 is 28.4 Å². The minimum absolute atomic E-state index is 0.0291. The smallest absolute Gasteiger partial charge is 0.267 e. The number of alkyl halides is 3. The first-order valence-corrected chi connectivity index (χ1v) is 6.71. The molecule has 0 unspecified atom stereocenters. The maximum Gasteiger partial charge on any atom is 0.417 e. The summed E-state index contributed by atoms with van der Waals surface area (Å²) in [4.78, 5) is 12.5. The lowest BCUT2D eigenvalue weighted by Crippen LogP contribution is -2.20. The molecule has 0 N–H and O–H groups in total. The fourth-order valence-corrected chi connectivity index (χ4v) is 2.52. The summed E-state index contributed by atoms with van der Waals surface area (Å²) in [6.07, 6.45) is -3.68. The zero-order valence-electron chi connectivity index (χ0n) is 11.2. The van der Waals surface area contributed by atoms with Gasteiger partial charge in [0.05, 0.1) is 33.2 Å². The first-order valence-electron chi connectivity index (χ1n) is 6.33. The lowest BCUT2D eigenvalue weighted by Gasteiger charge is -2.13. The van der Waals surface area contributed by atoms with E-state index in [0.29, 0.717) is 4.68 Å². The van der Waals surface area contributed by atoms with Crippen molar-refractivity contribution < 1.29 is 22.4 Å². The van der Waals surface area contributed by atoms with Gasteiger partial charge in [0.2, 0.25) is 0 Å². The second kappa shape index (κ2) is 5.34. The normalized spacial score (nSPS) is 11.9. The molecule has 8 heteroatoms. The first kappa shape index (κ1) is 15.5. The van der Waals surface area contributed by atoms with Crippen molar-refractivity contribution in [3.8, 4) is 0 Å². The Labute approximate surface area is 132 Å². The van der Waals surface area contributed by atoms with Gasteiger partial charge in [0.15, 0.2) is 0 Å². The molecule has 0 bridgehead atoms. The molecule has 3 rings (SSSR count).